The Morgan fingerprint density at radius 1 is 0.194 bits per heavy atom. The summed E-state index contributed by atoms with van der Waals surface area (Å²) in [7, 11) is 16.9. The van der Waals surface area contributed by atoms with Gasteiger partial charge in [0.15, 0.2) is 0 Å². The molecular formula is C66H98P6. The van der Waals surface area contributed by atoms with E-state index >= 15 is 0 Å². The highest BCUT2D eigenvalue weighted by atomic mass is 31.0. The third-order valence-corrected chi connectivity index (χ3v) is 13.4. The maximum Gasteiger partial charge on any atom is -0.0125 e. The summed E-state index contributed by atoms with van der Waals surface area (Å²) >= 11 is 0. The fourth-order valence-electron chi connectivity index (χ4n) is 7.27. The van der Waals surface area contributed by atoms with Gasteiger partial charge in [-0.05, 0) is 161 Å². The monoisotopic (exact) mass is 1080 g/mol. The van der Waals surface area contributed by atoms with Crippen molar-refractivity contribution in [3.63, 3.8) is 0 Å². The molecule has 0 heterocycles. The maximum absolute atomic E-state index is 2.85. The lowest BCUT2D eigenvalue weighted by atomic mass is 9.96. The Morgan fingerprint density at radius 3 is 0.611 bits per heavy atom. The molecule has 0 bridgehead atoms. The van der Waals surface area contributed by atoms with Gasteiger partial charge in [0.05, 0.1) is 0 Å². The molecule has 0 nitrogen and oxygen atoms in total. The van der Waals surface area contributed by atoms with Crippen LogP contribution in [0.4, 0.5) is 0 Å². The van der Waals surface area contributed by atoms with Crippen molar-refractivity contribution in [1.29, 1.82) is 0 Å². The number of hydrogen-bond donors (Lipinski definition) is 0. The fourth-order valence-corrected chi connectivity index (χ4v) is 9.37. The molecule has 392 valence electrons. The van der Waals surface area contributed by atoms with Crippen LogP contribution in [0.15, 0.2) is 158 Å². The molecule has 0 aliphatic carbocycles. The number of hydrogen-bond acceptors (Lipinski definition) is 0. The molecule has 0 spiro atoms. The molecule has 0 fully saturated rings. The van der Waals surface area contributed by atoms with Gasteiger partial charge < -0.3 is 0 Å². The summed E-state index contributed by atoms with van der Waals surface area (Å²) in [5, 5.41) is 5.13. The third kappa shape index (κ3) is 22.0. The summed E-state index contributed by atoms with van der Waals surface area (Å²) in [6, 6.07) is 58.5. The average Bonchev–Trinajstić information content (AvgIpc) is 3.50. The normalized spacial score (nSPS) is 9.31. The van der Waals surface area contributed by atoms with Crippen molar-refractivity contribution in [2.24, 2.45) is 0 Å². The predicted molar refractivity (Wildman–Crippen MR) is 361 cm³/mol. The van der Waals surface area contributed by atoms with Crippen LogP contribution in [-0.2, 0) is 37.0 Å². The van der Waals surface area contributed by atoms with E-state index in [1.54, 1.807) is 0 Å². The summed E-state index contributed by atoms with van der Waals surface area (Å²) in [6.45, 7) is 32.0. The molecule has 8 aromatic carbocycles. The first kappa shape index (κ1) is 70.9. The smallest absolute Gasteiger partial charge is 0.0125 e. The van der Waals surface area contributed by atoms with E-state index in [-0.39, 0.29) is 0 Å². The van der Waals surface area contributed by atoms with Crippen molar-refractivity contribution < 1.29 is 0 Å². The summed E-state index contributed by atoms with van der Waals surface area (Å²) in [6.07, 6.45) is 5.98. The Morgan fingerprint density at radius 2 is 0.389 bits per heavy atom. The van der Waals surface area contributed by atoms with E-state index in [0.29, 0.717) is 0 Å². The van der Waals surface area contributed by atoms with Crippen LogP contribution >= 0.6 is 55.4 Å². The average molecular weight is 1080 g/mol. The van der Waals surface area contributed by atoms with Crippen molar-refractivity contribution in [3.8, 4) is 44.5 Å². The van der Waals surface area contributed by atoms with E-state index < -0.39 is 0 Å². The van der Waals surface area contributed by atoms with Crippen LogP contribution in [0.25, 0.3) is 66.1 Å². The van der Waals surface area contributed by atoms with E-state index in [1.165, 1.54) is 99.4 Å². The Balaban J connectivity index is 0. The van der Waals surface area contributed by atoms with Crippen LogP contribution in [0.2, 0.25) is 0 Å². The van der Waals surface area contributed by atoms with E-state index in [4.69, 9.17) is 0 Å². The number of benzene rings is 8. The Hall–Kier alpha value is -3.14. The van der Waals surface area contributed by atoms with Crippen LogP contribution in [0, 0.1) is 0 Å². The van der Waals surface area contributed by atoms with Crippen molar-refractivity contribution in [3.05, 3.63) is 191 Å². The lowest BCUT2D eigenvalue weighted by Crippen LogP contribution is -1.89. The van der Waals surface area contributed by atoms with Gasteiger partial charge >= 0.3 is 0 Å². The molecule has 72 heavy (non-hydrogen) atoms. The minimum absolute atomic E-state index is 0.990. The number of fused-ring (bicyclic) bond motifs is 2. The zero-order chi connectivity index (χ0) is 55.0. The van der Waals surface area contributed by atoms with E-state index in [0.717, 1.165) is 37.0 Å². The van der Waals surface area contributed by atoms with Crippen LogP contribution in [0.3, 0.4) is 0 Å². The third-order valence-electron chi connectivity index (χ3n) is 10.7. The standard InChI is InChI=1S/2C25H25P3.8C2H6/c2*26-14-17-1-3-18(4-2-17)19-5-6-21-12-22(8-7-20(21)11-19)23-9-10-24(15-27)25(13-23)16-28;8*1-2/h2*1-13H,14-16,26-28H2;8*1-2H3. The van der Waals surface area contributed by atoms with Crippen LogP contribution in [0.1, 0.15) is 144 Å². The molecule has 0 aliphatic heterocycles. The molecule has 8 rings (SSSR count). The van der Waals surface area contributed by atoms with Gasteiger partial charge in [-0.15, -0.1) is 55.4 Å². The summed E-state index contributed by atoms with van der Waals surface area (Å²) < 4.78 is 0. The topological polar surface area (TPSA) is 0 Å². The minimum Gasteiger partial charge on any atom is -0.133 e. The second-order valence-electron chi connectivity index (χ2n) is 14.1. The Kier molecular flexibility index (Phi) is 43.5. The molecule has 0 N–H and O–H groups in total. The predicted octanol–water partition coefficient (Wildman–Crippen LogP) is 22.8. The van der Waals surface area contributed by atoms with Gasteiger partial charge in [-0.2, -0.15) is 0 Å². The second kappa shape index (κ2) is 44.2. The van der Waals surface area contributed by atoms with Crippen LogP contribution < -0.4 is 0 Å². The van der Waals surface area contributed by atoms with Crippen molar-refractivity contribution >= 4 is 77.0 Å². The quantitative estimate of drug-likeness (QED) is 0.120. The molecule has 0 aliphatic rings. The molecule has 0 saturated heterocycles. The van der Waals surface area contributed by atoms with E-state index in [2.05, 4.69) is 213 Å². The first-order valence-corrected chi connectivity index (χ1v) is 32.0. The maximum atomic E-state index is 2.85. The second-order valence-corrected chi connectivity index (χ2v) is 16.6. The van der Waals surface area contributed by atoms with Crippen molar-refractivity contribution in [1.82, 2.24) is 0 Å². The molecule has 0 radical (unpaired) electrons. The number of rotatable bonds is 10. The zero-order valence-electron chi connectivity index (χ0n) is 47.7. The van der Waals surface area contributed by atoms with Crippen molar-refractivity contribution in [2.45, 2.75) is 148 Å². The molecular weight excluding hydrogens is 979 g/mol. The van der Waals surface area contributed by atoms with Gasteiger partial charge in [0, 0.05) is 0 Å². The Bertz CT molecular complexity index is 2410. The first-order chi connectivity index (χ1) is 35.4. The molecule has 0 aromatic heterocycles. The largest absolute Gasteiger partial charge is 0.133 e. The highest BCUT2D eigenvalue weighted by molar-refractivity contribution is 7.16. The van der Waals surface area contributed by atoms with Gasteiger partial charge in [-0.3, -0.25) is 0 Å². The van der Waals surface area contributed by atoms with E-state index in [9.17, 15) is 0 Å². The molecule has 8 aromatic rings. The lowest BCUT2D eigenvalue weighted by molar-refractivity contribution is 1.29. The van der Waals surface area contributed by atoms with Gasteiger partial charge in [-0.1, -0.05) is 244 Å². The van der Waals surface area contributed by atoms with Gasteiger partial charge in [-0.25, -0.2) is 0 Å². The first-order valence-electron chi connectivity index (χ1n) is 27.1. The van der Waals surface area contributed by atoms with Gasteiger partial charge in [0.2, 0.25) is 0 Å². The van der Waals surface area contributed by atoms with Gasteiger partial charge in [0.1, 0.15) is 0 Å². The summed E-state index contributed by atoms with van der Waals surface area (Å²) in [5.41, 5.74) is 18.5. The van der Waals surface area contributed by atoms with Crippen LogP contribution in [-0.4, -0.2) is 0 Å². The highest BCUT2D eigenvalue weighted by Gasteiger charge is 2.08. The zero-order valence-corrected chi connectivity index (χ0v) is 54.6. The molecule has 6 heteroatoms. The highest BCUT2D eigenvalue weighted by Crippen LogP contribution is 2.33. The van der Waals surface area contributed by atoms with Crippen molar-refractivity contribution in [2.75, 3.05) is 0 Å². The fraction of sp³-hybridized carbons (Fsp3) is 0.333. The molecule has 6 unspecified atom stereocenters. The molecule has 0 saturated carbocycles. The lowest BCUT2D eigenvalue weighted by Gasteiger charge is -2.11. The SMILES string of the molecule is CC.CC.CC.CC.CC.CC.CC.CC.PCc1ccc(-c2ccc3cc(-c4ccc(CP)c(CP)c4)ccc3c2)cc1.PCc1ccc(-c2ccc3cc(-c4ccc(CP)c(CP)c4)ccc3c2)cc1. The van der Waals surface area contributed by atoms with E-state index in [1.807, 2.05) is 111 Å². The van der Waals surface area contributed by atoms with Gasteiger partial charge in [0.25, 0.3) is 0 Å². The summed E-state index contributed by atoms with van der Waals surface area (Å²) in [5.74, 6) is 0. The summed E-state index contributed by atoms with van der Waals surface area (Å²) in [4.78, 5) is 0. The van der Waals surface area contributed by atoms with Crippen LogP contribution in [0.5, 0.6) is 0 Å². The molecule has 0 amide bonds. The molecule has 6 atom stereocenters. The Labute approximate surface area is 457 Å². The minimum atomic E-state index is 0.990.